The highest BCUT2D eigenvalue weighted by atomic mass is 19.1. The normalized spacial score (nSPS) is 39.0. The molecule has 0 N–H and O–H groups in total. The molecule has 0 aromatic heterocycles. The van der Waals surface area contributed by atoms with E-state index in [0.29, 0.717) is 28.0 Å². The summed E-state index contributed by atoms with van der Waals surface area (Å²) in [6.45, 7) is 13.1. The van der Waals surface area contributed by atoms with Crippen molar-refractivity contribution < 1.29 is 23.2 Å². The topological polar surface area (TPSA) is 36.9 Å². The van der Waals surface area contributed by atoms with Gasteiger partial charge in [0, 0.05) is 23.6 Å². The van der Waals surface area contributed by atoms with Crippen LogP contribution in [0.1, 0.15) is 85.6 Å². The van der Waals surface area contributed by atoms with Gasteiger partial charge in [-0.25, -0.2) is 4.39 Å². The van der Waals surface area contributed by atoms with Crippen molar-refractivity contribution in [3.8, 4) is 5.75 Å². The smallest absolute Gasteiger partial charge is 0.468 e. The van der Waals surface area contributed by atoms with Gasteiger partial charge in [0.25, 0.3) is 0 Å². The van der Waals surface area contributed by atoms with E-state index >= 15 is 4.39 Å². The van der Waals surface area contributed by atoms with Crippen LogP contribution in [0, 0.1) is 22.6 Å². The Hall–Kier alpha value is -1.11. The summed E-state index contributed by atoms with van der Waals surface area (Å²) in [5.41, 5.74) is 1.15. The van der Waals surface area contributed by atoms with Crippen molar-refractivity contribution in [3.63, 3.8) is 0 Å². The molecule has 4 nitrogen and oxygen atoms in total. The highest BCUT2D eigenvalue weighted by molar-refractivity contribution is 6.63. The van der Waals surface area contributed by atoms with E-state index in [1.807, 2.05) is 27.7 Å². The summed E-state index contributed by atoms with van der Waals surface area (Å²) in [7, 11) is 0.936. The molecule has 0 unspecified atom stereocenters. The van der Waals surface area contributed by atoms with Crippen molar-refractivity contribution in [2.45, 2.75) is 96.7 Å². The molecule has 5 fully saturated rings. The molecule has 5 aliphatic rings. The molecule has 1 heterocycles. The van der Waals surface area contributed by atoms with Crippen LogP contribution in [0.25, 0.3) is 0 Å². The molecular weight excluding hydrogens is 406 g/mol. The molecule has 4 saturated carbocycles. The fraction of sp³-hybridized carbons (Fsp3) is 0.769. The lowest BCUT2D eigenvalue weighted by Crippen LogP contribution is -2.57. The Kier molecular flexibility index (Phi) is 4.93. The molecule has 176 valence electrons. The van der Waals surface area contributed by atoms with Gasteiger partial charge in [-0.1, -0.05) is 13.8 Å². The molecule has 1 aromatic rings. The molecular formula is C26H38BFO4. The lowest BCUT2D eigenvalue weighted by molar-refractivity contribution is -0.110. The lowest BCUT2D eigenvalue weighted by Gasteiger charge is -2.65. The van der Waals surface area contributed by atoms with E-state index in [9.17, 15) is 0 Å². The highest BCUT2D eigenvalue weighted by Gasteiger charge is 2.62. The predicted molar refractivity (Wildman–Crippen MR) is 124 cm³/mol. The zero-order valence-corrected chi connectivity index (χ0v) is 20.8. The second kappa shape index (κ2) is 6.96. The second-order valence-electron chi connectivity index (χ2n) is 12.9. The average molecular weight is 444 g/mol. The van der Waals surface area contributed by atoms with Gasteiger partial charge in [0.1, 0.15) is 11.6 Å². The van der Waals surface area contributed by atoms with Gasteiger partial charge in [-0.15, -0.1) is 0 Å². The minimum absolute atomic E-state index is 0.0769. The Morgan fingerprint density at radius 3 is 2.06 bits per heavy atom. The van der Waals surface area contributed by atoms with E-state index < -0.39 is 18.3 Å². The van der Waals surface area contributed by atoms with Crippen molar-refractivity contribution in [1.29, 1.82) is 0 Å². The Bertz CT molecular complexity index is 895. The third-order valence-corrected chi connectivity index (χ3v) is 9.11. The molecule has 6 heteroatoms. The maximum absolute atomic E-state index is 15.2. The summed E-state index contributed by atoms with van der Waals surface area (Å²) >= 11 is 0. The summed E-state index contributed by atoms with van der Waals surface area (Å²) in [5.74, 6) is 1.14. The van der Waals surface area contributed by atoms with Crippen LogP contribution in [-0.2, 0) is 19.5 Å². The van der Waals surface area contributed by atoms with Crippen LogP contribution >= 0.6 is 0 Å². The van der Waals surface area contributed by atoms with Crippen molar-refractivity contribution in [2.24, 2.45) is 16.7 Å². The van der Waals surface area contributed by atoms with Crippen LogP contribution in [-0.4, -0.2) is 32.2 Å². The maximum Gasteiger partial charge on any atom is 0.498 e. The number of methoxy groups -OCH3 is 1. The Balaban J connectivity index is 1.64. The monoisotopic (exact) mass is 444 g/mol. The van der Waals surface area contributed by atoms with Crippen molar-refractivity contribution in [1.82, 2.24) is 0 Å². The largest absolute Gasteiger partial charge is 0.498 e. The van der Waals surface area contributed by atoms with Crippen molar-refractivity contribution >= 4 is 12.6 Å². The number of hydrogen-bond donors (Lipinski definition) is 0. The maximum atomic E-state index is 15.2. The number of hydrogen-bond acceptors (Lipinski definition) is 4. The number of rotatable bonds is 5. The third kappa shape index (κ3) is 3.44. The van der Waals surface area contributed by atoms with Crippen LogP contribution in [0.2, 0.25) is 0 Å². The zero-order chi connectivity index (χ0) is 23.2. The number of halogens is 1. The second-order valence-corrected chi connectivity index (χ2v) is 12.9. The predicted octanol–water partition coefficient (Wildman–Crippen LogP) is 5.36. The quantitative estimate of drug-likeness (QED) is 0.453. The fourth-order valence-corrected chi connectivity index (χ4v) is 8.18. The van der Waals surface area contributed by atoms with Crippen LogP contribution < -0.4 is 10.2 Å². The molecule has 0 amide bonds. The van der Waals surface area contributed by atoms with Crippen molar-refractivity contribution in [2.75, 3.05) is 13.9 Å². The molecule has 4 bridgehead atoms. The van der Waals surface area contributed by atoms with Crippen LogP contribution in [0.15, 0.2) is 12.1 Å². The van der Waals surface area contributed by atoms with Crippen LogP contribution in [0.3, 0.4) is 0 Å². The molecule has 1 aliphatic heterocycles. The van der Waals surface area contributed by atoms with E-state index in [1.165, 1.54) is 25.3 Å². The highest BCUT2D eigenvalue weighted by Crippen LogP contribution is 2.70. The molecule has 0 radical (unpaired) electrons. The summed E-state index contributed by atoms with van der Waals surface area (Å²) in [5, 5.41) is 0. The van der Waals surface area contributed by atoms with Gasteiger partial charge >= 0.3 is 7.12 Å². The number of ether oxygens (including phenoxy) is 2. The van der Waals surface area contributed by atoms with Gasteiger partial charge in [-0.2, -0.15) is 0 Å². The lowest BCUT2D eigenvalue weighted by atomic mass is 9.39. The molecule has 6 rings (SSSR count). The van der Waals surface area contributed by atoms with Gasteiger partial charge in [-0.3, -0.25) is 0 Å². The van der Waals surface area contributed by atoms with Crippen LogP contribution in [0.4, 0.5) is 4.39 Å². The van der Waals surface area contributed by atoms with E-state index in [2.05, 4.69) is 13.8 Å². The molecule has 32 heavy (non-hydrogen) atoms. The first-order valence-corrected chi connectivity index (χ1v) is 12.1. The third-order valence-electron chi connectivity index (χ3n) is 9.11. The minimum atomic E-state index is -0.679. The Morgan fingerprint density at radius 2 is 1.53 bits per heavy atom. The molecule has 1 aromatic carbocycles. The van der Waals surface area contributed by atoms with Crippen LogP contribution in [0.5, 0.6) is 5.75 Å². The van der Waals surface area contributed by atoms with Gasteiger partial charge in [0.2, 0.25) is 0 Å². The molecule has 4 aliphatic carbocycles. The van der Waals surface area contributed by atoms with Gasteiger partial charge in [0.05, 0.1) is 11.2 Å². The summed E-state index contributed by atoms with van der Waals surface area (Å²) < 4.78 is 39.4. The van der Waals surface area contributed by atoms with Gasteiger partial charge in [0.15, 0.2) is 6.79 Å². The van der Waals surface area contributed by atoms with Gasteiger partial charge < -0.3 is 18.8 Å². The van der Waals surface area contributed by atoms with E-state index in [4.69, 9.17) is 18.8 Å². The molecule has 1 saturated heterocycles. The standard InChI is InChI=1S/C26H38BFO4/c1-22(2)23(3,4)32-27(31-22)20-9-18(28)8-19(21(20)30-16-29-7)26-12-17-10-24(5,14-26)13-25(6,11-17)15-26/h8-9,17H,10-16H2,1-7H3/t17-,24+,25-,26-. The molecule has 4 atom stereocenters. The fourth-order valence-electron chi connectivity index (χ4n) is 8.18. The first-order chi connectivity index (χ1) is 14.8. The first-order valence-electron chi connectivity index (χ1n) is 12.1. The summed E-state index contributed by atoms with van der Waals surface area (Å²) in [6.07, 6.45) is 7.12. The van der Waals surface area contributed by atoms with Crippen molar-refractivity contribution in [3.05, 3.63) is 23.5 Å². The summed E-state index contributed by atoms with van der Waals surface area (Å²) in [6, 6.07) is 3.25. The van der Waals surface area contributed by atoms with E-state index in [-0.39, 0.29) is 18.0 Å². The first kappa shape index (κ1) is 22.7. The van der Waals surface area contributed by atoms with E-state index in [0.717, 1.165) is 24.8 Å². The Labute approximate surface area is 192 Å². The average Bonchev–Trinajstić information content (AvgIpc) is 2.84. The minimum Gasteiger partial charge on any atom is -0.468 e. The Morgan fingerprint density at radius 1 is 0.938 bits per heavy atom. The molecule has 0 spiro atoms. The summed E-state index contributed by atoms with van der Waals surface area (Å²) in [4.78, 5) is 0. The van der Waals surface area contributed by atoms with Gasteiger partial charge in [-0.05, 0) is 95.1 Å². The van der Waals surface area contributed by atoms with E-state index in [1.54, 1.807) is 13.2 Å². The SMILES string of the molecule is COCOc1c(B2OC(C)(C)C(C)(C)O2)cc(F)cc1[C@@]12C[C@@H]3C[C@@](C)(C[C@@](C)(C3)C1)C2. The number of benzene rings is 1. The zero-order valence-electron chi connectivity index (χ0n) is 20.8.